The first-order chi connectivity index (χ1) is 12.6. The van der Waals surface area contributed by atoms with Crippen LogP contribution in [0, 0.1) is 0 Å². The van der Waals surface area contributed by atoms with Crippen molar-refractivity contribution in [3.63, 3.8) is 0 Å². The van der Waals surface area contributed by atoms with Gasteiger partial charge in [0.1, 0.15) is 6.10 Å². The summed E-state index contributed by atoms with van der Waals surface area (Å²) in [5.41, 5.74) is 0. The van der Waals surface area contributed by atoms with Crippen LogP contribution in [0.25, 0.3) is 0 Å². The highest BCUT2D eigenvalue weighted by Crippen LogP contribution is 2.23. The minimum Gasteiger partial charge on any atom is -0.371 e. The molecule has 4 unspecified atom stereocenters. The smallest absolute Gasteiger partial charge is 0.246 e. The minimum atomic E-state index is -0.733. The molecule has 1 saturated carbocycles. The Kier molecular flexibility index (Phi) is 11.4. The molecule has 2 N–H and O–H groups in total. The summed E-state index contributed by atoms with van der Waals surface area (Å²) >= 11 is 0. The first kappa shape index (κ1) is 24.3. The Morgan fingerprint density at radius 1 is 1.44 bits per heavy atom. The van der Waals surface area contributed by atoms with Gasteiger partial charge in [0.15, 0.2) is 11.8 Å². The predicted molar refractivity (Wildman–Crippen MR) is 118 cm³/mol. The maximum absolute atomic E-state index is 12.1. The van der Waals surface area contributed by atoms with Gasteiger partial charge in [-0.05, 0) is 33.1 Å². The number of aromatic nitrogens is 2. The SMILES string of the molecule is CCOC(C)c1noc(CNC(=NC)NC2CCCC(S(=O)CC)C2)n1.I. The molecule has 4 atom stereocenters. The fourth-order valence-electron chi connectivity index (χ4n) is 3.13. The molecule has 0 aromatic carbocycles. The van der Waals surface area contributed by atoms with Gasteiger partial charge in [-0.1, -0.05) is 18.5 Å². The second-order valence-corrected chi connectivity index (χ2v) is 8.37. The van der Waals surface area contributed by atoms with E-state index in [1.807, 2.05) is 20.8 Å². The zero-order chi connectivity index (χ0) is 18.9. The summed E-state index contributed by atoms with van der Waals surface area (Å²) in [5, 5.41) is 10.9. The van der Waals surface area contributed by atoms with Crippen molar-refractivity contribution in [3.8, 4) is 0 Å². The van der Waals surface area contributed by atoms with Gasteiger partial charge in [0.2, 0.25) is 5.89 Å². The van der Waals surface area contributed by atoms with Gasteiger partial charge >= 0.3 is 0 Å². The monoisotopic (exact) mass is 513 g/mol. The van der Waals surface area contributed by atoms with Crippen LogP contribution in [0.2, 0.25) is 0 Å². The zero-order valence-electron chi connectivity index (χ0n) is 16.6. The Labute approximate surface area is 181 Å². The van der Waals surface area contributed by atoms with E-state index in [4.69, 9.17) is 9.26 Å². The fraction of sp³-hybridized carbons (Fsp3) is 0.824. The van der Waals surface area contributed by atoms with E-state index in [0.717, 1.165) is 31.4 Å². The van der Waals surface area contributed by atoms with Crippen molar-refractivity contribution < 1.29 is 13.5 Å². The first-order valence-electron chi connectivity index (χ1n) is 9.35. The minimum absolute atomic E-state index is 0. The lowest BCUT2D eigenvalue weighted by molar-refractivity contribution is 0.0683. The molecule has 1 heterocycles. The Bertz CT molecular complexity index is 613. The highest BCUT2D eigenvalue weighted by Gasteiger charge is 2.26. The van der Waals surface area contributed by atoms with Gasteiger partial charge in [-0.15, -0.1) is 24.0 Å². The van der Waals surface area contributed by atoms with Gasteiger partial charge in [-0.25, -0.2) is 0 Å². The molecule has 0 saturated heterocycles. The van der Waals surface area contributed by atoms with Crippen LogP contribution >= 0.6 is 24.0 Å². The third-order valence-electron chi connectivity index (χ3n) is 4.52. The van der Waals surface area contributed by atoms with E-state index in [-0.39, 0.29) is 41.4 Å². The van der Waals surface area contributed by atoms with Gasteiger partial charge in [-0.2, -0.15) is 4.98 Å². The standard InChI is InChI=1S/C17H31N5O3S.HI/c1-5-24-12(3)16-21-15(25-22-16)11-19-17(18-4)20-13-8-7-9-14(10-13)26(23)6-2;/h12-14H,5-11H2,1-4H3,(H2,18,19,20);1H. The summed E-state index contributed by atoms with van der Waals surface area (Å²) in [6.07, 6.45) is 3.93. The third-order valence-corrected chi connectivity index (χ3v) is 6.26. The maximum Gasteiger partial charge on any atom is 0.246 e. The average molecular weight is 513 g/mol. The van der Waals surface area contributed by atoms with E-state index in [1.165, 1.54) is 0 Å². The molecule has 8 nitrogen and oxygen atoms in total. The molecule has 27 heavy (non-hydrogen) atoms. The van der Waals surface area contributed by atoms with Crippen molar-refractivity contribution in [3.05, 3.63) is 11.7 Å². The number of halogens is 1. The summed E-state index contributed by atoms with van der Waals surface area (Å²) in [6.45, 7) is 6.80. The normalized spacial score (nSPS) is 22.6. The van der Waals surface area contributed by atoms with Crippen molar-refractivity contribution in [2.45, 2.75) is 70.4 Å². The van der Waals surface area contributed by atoms with Crippen molar-refractivity contribution in [1.29, 1.82) is 0 Å². The van der Waals surface area contributed by atoms with E-state index >= 15 is 0 Å². The molecule has 1 aliphatic carbocycles. The second-order valence-electron chi connectivity index (χ2n) is 6.37. The Morgan fingerprint density at radius 3 is 2.89 bits per heavy atom. The summed E-state index contributed by atoms with van der Waals surface area (Å²) in [4.78, 5) is 8.60. The van der Waals surface area contributed by atoms with Gasteiger partial charge in [0, 0.05) is 41.5 Å². The summed E-state index contributed by atoms with van der Waals surface area (Å²) in [5.74, 6) is 2.45. The molecular weight excluding hydrogens is 481 g/mol. The lowest BCUT2D eigenvalue weighted by Gasteiger charge is -2.30. The molecule has 2 rings (SSSR count). The van der Waals surface area contributed by atoms with Crippen LogP contribution in [0.15, 0.2) is 9.52 Å². The molecule has 10 heteroatoms. The van der Waals surface area contributed by atoms with Crippen molar-refractivity contribution in [1.82, 2.24) is 20.8 Å². The Balaban J connectivity index is 0.00000364. The molecule has 0 spiro atoms. The fourth-order valence-corrected chi connectivity index (χ4v) is 4.48. The van der Waals surface area contributed by atoms with Gasteiger partial charge in [0.05, 0.1) is 6.54 Å². The zero-order valence-corrected chi connectivity index (χ0v) is 19.7. The van der Waals surface area contributed by atoms with Crippen LogP contribution < -0.4 is 10.6 Å². The van der Waals surface area contributed by atoms with E-state index in [2.05, 4.69) is 25.8 Å². The Morgan fingerprint density at radius 2 is 2.22 bits per heavy atom. The van der Waals surface area contributed by atoms with Crippen molar-refractivity contribution in [2.24, 2.45) is 4.99 Å². The molecule has 156 valence electrons. The van der Waals surface area contributed by atoms with Gasteiger partial charge in [-0.3, -0.25) is 9.20 Å². The van der Waals surface area contributed by atoms with Crippen LogP contribution in [0.4, 0.5) is 0 Å². The quantitative estimate of drug-likeness (QED) is 0.313. The molecule has 1 fully saturated rings. The number of hydrogen-bond donors (Lipinski definition) is 2. The largest absolute Gasteiger partial charge is 0.371 e. The number of aliphatic imine (C=N–C) groups is 1. The summed E-state index contributed by atoms with van der Waals surface area (Å²) < 4.78 is 22.8. The number of rotatable bonds is 8. The van der Waals surface area contributed by atoms with Crippen LogP contribution in [0.5, 0.6) is 0 Å². The van der Waals surface area contributed by atoms with Crippen LogP contribution in [0.3, 0.4) is 0 Å². The van der Waals surface area contributed by atoms with E-state index in [0.29, 0.717) is 30.8 Å². The molecule has 1 aliphatic rings. The number of nitrogens with zero attached hydrogens (tertiary/aromatic N) is 3. The molecule has 0 radical (unpaired) electrons. The molecular formula is C17H32IN5O3S. The highest BCUT2D eigenvalue weighted by atomic mass is 127. The molecule has 0 bridgehead atoms. The topological polar surface area (TPSA) is 102 Å². The van der Waals surface area contributed by atoms with Gasteiger partial charge < -0.3 is 19.9 Å². The maximum atomic E-state index is 12.1. The van der Waals surface area contributed by atoms with Crippen LogP contribution in [0.1, 0.15) is 64.3 Å². The van der Waals surface area contributed by atoms with Crippen molar-refractivity contribution in [2.75, 3.05) is 19.4 Å². The van der Waals surface area contributed by atoms with E-state index in [9.17, 15) is 4.21 Å². The lowest BCUT2D eigenvalue weighted by atomic mass is 9.95. The Hall–Kier alpha value is -0.750. The third kappa shape index (κ3) is 7.65. The van der Waals surface area contributed by atoms with Crippen molar-refractivity contribution >= 4 is 40.7 Å². The summed E-state index contributed by atoms with van der Waals surface area (Å²) in [6, 6.07) is 0.284. The summed E-state index contributed by atoms with van der Waals surface area (Å²) in [7, 11) is 0.999. The second kappa shape index (κ2) is 12.7. The number of ether oxygens (including phenoxy) is 1. The highest BCUT2D eigenvalue weighted by molar-refractivity contribution is 14.0. The van der Waals surface area contributed by atoms with Crippen LogP contribution in [-0.4, -0.2) is 51.0 Å². The molecule has 0 amide bonds. The number of nitrogens with one attached hydrogen (secondary N) is 2. The molecule has 1 aromatic heterocycles. The predicted octanol–water partition coefficient (Wildman–Crippen LogP) is 2.53. The molecule has 1 aromatic rings. The first-order valence-corrected chi connectivity index (χ1v) is 10.7. The molecule has 0 aliphatic heterocycles. The van der Waals surface area contributed by atoms with Gasteiger partial charge in [0.25, 0.3) is 0 Å². The number of hydrogen-bond acceptors (Lipinski definition) is 6. The lowest BCUT2D eigenvalue weighted by Crippen LogP contribution is -2.46. The average Bonchev–Trinajstić information content (AvgIpc) is 3.14. The van der Waals surface area contributed by atoms with Crippen LogP contribution in [-0.2, 0) is 22.1 Å². The number of guanidine groups is 1. The van der Waals surface area contributed by atoms with E-state index in [1.54, 1.807) is 7.05 Å². The van der Waals surface area contributed by atoms with E-state index < -0.39 is 10.8 Å².